The summed E-state index contributed by atoms with van der Waals surface area (Å²) in [6, 6.07) is 3.54. The van der Waals surface area contributed by atoms with E-state index in [1.807, 2.05) is 6.92 Å². The van der Waals surface area contributed by atoms with Crippen LogP contribution in [0.15, 0.2) is 28.0 Å². The second-order valence-electron chi connectivity index (χ2n) is 3.87. The van der Waals surface area contributed by atoms with E-state index >= 15 is 0 Å². The molecule has 0 spiro atoms. The highest BCUT2D eigenvalue weighted by molar-refractivity contribution is 8.00. The summed E-state index contributed by atoms with van der Waals surface area (Å²) < 4.78 is 22.3. The van der Waals surface area contributed by atoms with Crippen LogP contribution in [0.1, 0.15) is 13.3 Å². The Bertz CT molecular complexity index is 573. The van der Waals surface area contributed by atoms with Crippen molar-refractivity contribution in [3.8, 4) is 0 Å². The molecule has 19 heavy (non-hydrogen) atoms. The Morgan fingerprint density at radius 3 is 2.63 bits per heavy atom. The molecular weight excluding hydrogens is 292 g/mol. The van der Waals surface area contributed by atoms with E-state index in [-0.39, 0.29) is 22.4 Å². The van der Waals surface area contributed by atoms with Crippen LogP contribution in [0, 0.1) is 10.1 Å². The SMILES string of the molecule is CC(CCO)Sc1ccc(S(N)(=O)=O)cc1[N+](=O)[O-]. The van der Waals surface area contributed by atoms with Crippen molar-refractivity contribution in [3.05, 3.63) is 28.3 Å². The molecule has 0 radical (unpaired) electrons. The van der Waals surface area contributed by atoms with Gasteiger partial charge in [-0.15, -0.1) is 11.8 Å². The van der Waals surface area contributed by atoms with E-state index in [2.05, 4.69) is 0 Å². The molecule has 1 aromatic carbocycles. The monoisotopic (exact) mass is 306 g/mol. The average molecular weight is 306 g/mol. The normalized spacial score (nSPS) is 13.2. The smallest absolute Gasteiger partial charge is 0.284 e. The Morgan fingerprint density at radius 1 is 1.53 bits per heavy atom. The molecule has 0 aliphatic heterocycles. The van der Waals surface area contributed by atoms with Crippen molar-refractivity contribution in [1.82, 2.24) is 0 Å². The van der Waals surface area contributed by atoms with Gasteiger partial charge in [0.25, 0.3) is 5.69 Å². The summed E-state index contributed by atoms with van der Waals surface area (Å²) in [6.07, 6.45) is 0.485. The van der Waals surface area contributed by atoms with E-state index in [9.17, 15) is 18.5 Å². The van der Waals surface area contributed by atoms with Crippen molar-refractivity contribution in [3.63, 3.8) is 0 Å². The zero-order chi connectivity index (χ0) is 14.6. The first-order valence-electron chi connectivity index (χ1n) is 5.34. The number of nitro benzene ring substituents is 1. The van der Waals surface area contributed by atoms with Gasteiger partial charge in [-0.2, -0.15) is 0 Å². The summed E-state index contributed by atoms with van der Waals surface area (Å²) in [5, 5.41) is 24.7. The number of sulfonamides is 1. The van der Waals surface area contributed by atoms with Crippen LogP contribution in [-0.2, 0) is 10.0 Å². The first kappa shape index (κ1) is 15.9. The zero-order valence-electron chi connectivity index (χ0n) is 10.1. The predicted molar refractivity (Wildman–Crippen MR) is 71.5 cm³/mol. The Balaban J connectivity index is 3.16. The molecule has 9 heteroatoms. The maximum Gasteiger partial charge on any atom is 0.284 e. The second kappa shape index (κ2) is 6.33. The minimum Gasteiger partial charge on any atom is -0.396 e. The van der Waals surface area contributed by atoms with E-state index < -0.39 is 14.9 Å². The molecule has 1 unspecified atom stereocenters. The summed E-state index contributed by atoms with van der Waals surface area (Å²) in [7, 11) is -3.97. The van der Waals surface area contributed by atoms with Gasteiger partial charge in [0.2, 0.25) is 10.0 Å². The van der Waals surface area contributed by atoms with Crippen LogP contribution < -0.4 is 5.14 Å². The number of nitro groups is 1. The standard InChI is InChI=1S/C10H14N2O5S2/c1-7(4-5-13)18-10-3-2-8(19(11,16)17)6-9(10)12(14)15/h2-3,6-7,13H,4-5H2,1H3,(H2,11,16,17). The van der Waals surface area contributed by atoms with Crippen molar-refractivity contribution in [2.45, 2.75) is 28.4 Å². The summed E-state index contributed by atoms with van der Waals surface area (Å²) in [6.45, 7) is 1.80. The molecule has 0 aliphatic carbocycles. The van der Waals surface area contributed by atoms with E-state index in [4.69, 9.17) is 10.2 Å². The highest BCUT2D eigenvalue weighted by Gasteiger charge is 2.20. The number of thioether (sulfide) groups is 1. The number of hydrogen-bond acceptors (Lipinski definition) is 6. The van der Waals surface area contributed by atoms with Crippen LogP contribution in [0.4, 0.5) is 5.69 Å². The fourth-order valence-electron chi connectivity index (χ4n) is 1.37. The van der Waals surface area contributed by atoms with Crippen LogP contribution in [0.3, 0.4) is 0 Å². The molecule has 0 amide bonds. The molecule has 1 rings (SSSR count). The lowest BCUT2D eigenvalue weighted by Gasteiger charge is -2.10. The van der Waals surface area contributed by atoms with Gasteiger partial charge < -0.3 is 5.11 Å². The fraction of sp³-hybridized carbons (Fsp3) is 0.400. The van der Waals surface area contributed by atoms with E-state index in [0.29, 0.717) is 11.3 Å². The van der Waals surface area contributed by atoms with E-state index in [1.54, 1.807) is 0 Å². The lowest BCUT2D eigenvalue weighted by atomic mass is 10.3. The molecule has 7 nitrogen and oxygen atoms in total. The summed E-state index contributed by atoms with van der Waals surface area (Å²) >= 11 is 1.21. The molecule has 1 aromatic rings. The van der Waals surface area contributed by atoms with Crippen LogP contribution in [-0.4, -0.2) is 30.3 Å². The topological polar surface area (TPSA) is 124 Å². The van der Waals surface area contributed by atoms with Crippen LogP contribution in [0.5, 0.6) is 0 Å². The summed E-state index contributed by atoms with van der Waals surface area (Å²) in [4.78, 5) is 10.3. The Morgan fingerprint density at radius 2 is 2.16 bits per heavy atom. The molecule has 0 saturated heterocycles. The lowest BCUT2D eigenvalue weighted by Crippen LogP contribution is -2.12. The zero-order valence-corrected chi connectivity index (χ0v) is 11.8. The van der Waals surface area contributed by atoms with Crippen molar-refractivity contribution >= 4 is 27.5 Å². The van der Waals surface area contributed by atoms with Crippen LogP contribution >= 0.6 is 11.8 Å². The van der Waals surface area contributed by atoms with Gasteiger partial charge in [0.05, 0.1) is 14.7 Å². The fourth-order valence-corrected chi connectivity index (χ4v) is 2.97. The highest BCUT2D eigenvalue weighted by Crippen LogP contribution is 2.34. The molecule has 0 aromatic heterocycles. The molecule has 0 heterocycles. The van der Waals surface area contributed by atoms with Gasteiger partial charge in [0.15, 0.2) is 0 Å². The number of nitrogens with two attached hydrogens (primary N) is 1. The molecule has 0 bridgehead atoms. The third-order valence-corrected chi connectivity index (χ3v) is 4.47. The first-order valence-corrected chi connectivity index (χ1v) is 7.77. The number of hydrogen-bond donors (Lipinski definition) is 2. The van der Waals surface area contributed by atoms with Crippen LogP contribution in [0.25, 0.3) is 0 Å². The third kappa shape index (κ3) is 4.46. The predicted octanol–water partition coefficient (Wildman–Crippen LogP) is 1.11. The van der Waals surface area contributed by atoms with Crippen LogP contribution in [0.2, 0.25) is 0 Å². The number of rotatable bonds is 6. The van der Waals surface area contributed by atoms with Gasteiger partial charge in [-0.05, 0) is 18.6 Å². The van der Waals surface area contributed by atoms with Gasteiger partial charge in [-0.3, -0.25) is 10.1 Å². The number of aliphatic hydroxyl groups is 1. The maximum absolute atomic E-state index is 11.2. The molecule has 3 N–H and O–H groups in total. The lowest BCUT2D eigenvalue weighted by molar-refractivity contribution is -0.388. The summed E-state index contributed by atoms with van der Waals surface area (Å²) in [5.74, 6) is 0. The molecular formula is C10H14N2O5S2. The average Bonchev–Trinajstić information content (AvgIpc) is 2.27. The Kier molecular flexibility index (Phi) is 5.29. The molecule has 0 saturated carbocycles. The minimum atomic E-state index is -3.97. The third-order valence-electron chi connectivity index (χ3n) is 2.32. The first-order chi connectivity index (χ1) is 8.75. The minimum absolute atomic E-state index is 0.0166. The summed E-state index contributed by atoms with van der Waals surface area (Å²) in [5.41, 5.74) is -0.304. The van der Waals surface area contributed by atoms with Gasteiger partial charge >= 0.3 is 0 Å². The molecule has 0 fully saturated rings. The van der Waals surface area contributed by atoms with Crippen molar-refractivity contribution < 1.29 is 18.4 Å². The van der Waals surface area contributed by atoms with E-state index in [0.717, 1.165) is 6.07 Å². The van der Waals surface area contributed by atoms with Crippen molar-refractivity contribution in [2.24, 2.45) is 5.14 Å². The number of primary sulfonamides is 1. The number of benzene rings is 1. The number of nitrogens with zero attached hydrogens (tertiary/aromatic N) is 1. The molecule has 1 atom stereocenters. The van der Waals surface area contributed by atoms with E-state index in [1.165, 1.54) is 23.9 Å². The quantitative estimate of drug-likeness (QED) is 0.461. The van der Waals surface area contributed by atoms with Gasteiger partial charge in [-0.25, -0.2) is 13.6 Å². The Hall–Kier alpha value is -1.16. The maximum atomic E-state index is 11.2. The highest BCUT2D eigenvalue weighted by atomic mass is 32.2. The van der Waals surface area contributed by atoms with Gasteiger partial charge in [-0.1, -0.05) is 6.92 Å². The Labute approximate surface area is 115 Å². The largest absolute Gasteiger partial charge is 0.396 e. The molecule has 0 aliphatic rings. The van der Waals surface area contributed by atoms with Gasteiger partial charge in [0, 0.05) is 17.9 Å². The second-order valence-corrected chi connectivity index (χ2v) is 6.91. The number of aliphatic hydroxyl groups excluding tert-OH is 1. The van der Waals surface area contributed by atoms with Crippen molar-refractivity contribution in [2.75, 3.05) is 6.61 Å². The molecule has 106 valence electrons. The van der Waals surface area contributed by atoms with Gasteiger partial charge in [0.1, 0.15) is 0 Å². The van der Waals surface area contributed by atoms with Crippen molar-refractivity contribution in [1.29, 1.82) is 0 Å².